The molecule has 2 N–H and O–H groups in total. The summed E-state index contributed by atoms with van der Waals surface area (Å²) >= 11 is 0. The molecular formula is C36H56O6. The first-order chi connectivity index (χ1) is 18.5. The molecule has 2 aromatic rings. The molecule has 0 aliphatic carbocycles. The average molecular weight is 585 g/mol. The molecule has 0 atom stereocenters. The number of hydrogen-bond donors (Lipinski definition) is 2. The highest BCUT2D eigenvalue weighted by Crippen LogP contribution is 2.41. The quantitative estimate of drug-likeness (QED) is 0.239. The number of phenolic OH excluding ortho intramolecular Hbond substituents is 2. The molecule has 0 aliphatic rings. The van der Waals surface area contributed by atoms with Gasteiger partial charge in [0.2, 0.25) is 6.79 Å². The van der Waals surface area contributed by atoms with Gasteiger partial charge < -0.3 is 19.7 Å². The molecule has 2 rings (SSSR count). The Morgan fingerprint density at radius 2 is 0.786 bits per heavy atom. The van der Waals surface area contributed by atoms with E-state index in [9.17, 15) is 19.8 Å². The summed E-state index contributed by atoms with van der Waals surface area (Å²) in [6.07, 6.45) is 1.17. The fraction of sp³-hybridized carbons (Fsp3) is 0.611. The summed E-state index contributed by atoms with van der Waals surface area (Å²) in [5, 5.41) is 21.8. The Labute approximate surface area is 254 Å². The van der Waals surface area contributed by atoms with Crippen molar-refractivity contribution < 1.29 is 29.3 Å². The number of benzene rings is 2. The average Bonchev–Trinajstić information content (AvgIpc) is 2.79. The van der Waals surface area contributed by atoms with E-state index < -0.39 is 18.7 Å². The van der Waals surface area contributed by atoms with Crippen molar-refractivity contribution in [2.45, 2.75) is 138 Å². The molecule has 0 heterocycles. The van der Waals surface area contributed by atoms with Gasteiger partial charge >= 0.3 is 11.9 Å². The minimum Gasteiger partial charge on any atom is -0.507 e. The molecule has 2 aromatic carbocycles. The van der Waals surface area contributed by atoms with Crippen LogP contribution in [0.3, 0.4) is 0 Å². The summed E-state index contributed by atoms with van der Waals surface area (Å²) in [5.41, 5.74) is 4.28. The Kier molecular flexibility index (Phi) is 11.9. The van der Waals surface area contributed by atoms with Gasteiger partial charge in [-0.1, -0.05) is 115 Å². The van der Waals surface area contributed by atoms with E-state index in [1.807, 2.05) is 24.3 Å². The first-order valence-electron chi connectivity index (χ1n) is 14.6. The van der Waals surface area contributed by atoms with Crippen LogP contribution in [0.25, 0.3) is 0 Å². The van der Waals surface area contributed by atoms with E-state index in [1.54, 1.807) is 0 Å². The zero-order chi connectivity index (χ0) is 31.6. The van der Waals surface area contributed by atoms with Gasteiger partial charge in [0, 0.05) is 12.8 Å². The van der Waals surface area contributed by atoms with E-state index in [4.69, 9.17) is 9.47 Å². The highest BCUT2D eigenvalue weighted by Gasteiger charge is 2.28. The molecule has 0 aromatic heterocycles. The van der Waals surface area contributed by atoms with Crippen molar-refractivity contribution in [1.82, 2.24) is 0 Å². The van der Waals surface area contributed by atoms with Gasteiger partial charge in [-0.05, 0) is 67.9 Å². The number of esters is 2. The van der Waals surface area contributed by atoms with Crippen molar-refractivity contribution in [3.05, 3.63) is 57.6 Å². The molecule has 0 bridgehead atoms. The summed E-state index contributed by atoms with van der Waals surface area (Å²) in [4.78, 5) is 24.8. The molecule has 6 heteroatoms. The maximum atomic E-state index is 12.4. The van der Waals surface area contributed by atoms with Crippen molar-refractivity contribution in [2.24, 2.45) is 0 Å². The van der Waals surface area contributed by atoms with E-state index in [0.29, 0.717) is 24.3 Å². The monoisotopic (exact) mass is 584 g/mol. The summed E-state index contributed by atoms with van der Waals surface area (Å²) < 4.78 is 10.4. The van der Waals surface area contributed by atoms with E-state index in [1.165, 1.54) is 0 Å². The third-order valence-electron chi connectivity index (χ3n) is 7.25. The van der Waals surface area contributed by atoms with Crippen molar-refractivity contribution in [3.8, 4) is 11.5 Å². The maximum absolute atomic E-state index is 12.4. The molecule has 6 nitrogen and oxygen atoms in total. The lowest BCUT2D eigenvalue weighted by Gasteiger charge is -2.28. The van der Waals surface area contributed by atoms with Crippen LogP contribution in [-0.2, 0) is 53.6 Å². The largest absolute Gasteiger partial charge is 0.507 e. The topological polar surface area (TPSA) is 93.1 Å². The van der Waals surface area contributed by atoms with Gasteiger partial charge in [0.05, 0.1) is 0 Å². The van der Waals surface area contributed by atoms with Crippen molar-refractivity contribution >= 4 is 11.9 Å². The summed E-state index contributed by atoms with van der Waals surface area (Å²) in [6, 6.07) is 7.82. The van der Waals surface area contributed by atoms with Crippen LogP contribution >= 0.6 is 0 Å². The van der Waals surface area contributed by atoms with Gasteiger partial charge in [-0.25, -0.2) is 0 Å². The standard InChI is InChI=1S/C35H52O6.CH4/c1-32(2,3)24-17-22(18-25(30(24)38)33(4,5)6)13-15-28(36)40-21-41-29(37)16-14-23-19-26(34(7,8)9)31(39)27(20-23)35(10,11)12;/h17-20,38-39H,13-16,21H2,1-12H3;1H4. The second-order valence-corrected chi connectivity index (χ2v) is 15.2. The highest BCUT2D eigenvalue weighted by molar-refractivity contribution is 5.71. The van der Waals surface area contributed by atoms with Crippen LogP contribution < -0.4 is 0 Å². The normalized spacial score (nSPS) is 12.5. The summed E-state index contributed by atoms with van der Waals surface area (Å²) in [5.74, 6) is -0.299. The molecule has 0 saturated carbocycles. The van der Waals surface area contributed by atoms with Crippen molar-refractivity contribution in [1.29, 1.82) is 0 Å². The number of rotatable bonds is 8. The van der Waals surface area contributed by atoms with Gasteiger partial charge in [-0.3, -0.25) is 9.59 Å². The number of phenols is 2. The molecule has 0 spiro atoms. The lowest BCUT2D eigenvalue weighted by Crippen LogP contribution is -2.18. The van der Waals surface area contributed by atoms with E-state index in [-0.39, 0.29) is 41.9 Å². The third-order valence-corrected chi connectivity index (χ3v) is 7.25. The van der Waals surface area contributed by atoms with Gasteiger partial charge in [0.15, 0.2) is 0 Å². The molecule has 0 radical (unpaired) electrons. The van der Waals surface area contributed by atoms with Crippen LogP contribution in [0, 0.1) is 0 Å². The van der Waals surface area contributed by atoms with Gasteiger partial charge in [-0.15, -0.1) is 0 Å². The molecule has 0 fully saturated rings. The smallest absolute Gasteiger partial charge is 0.308 e. The lowest BCUT2D eigenvalue weighted by molar-refractivity contribution is -0.167. The number of carbonyl (C=O) groups is 2. The Morgan fingerprint density at radius 3 is 1.00 bits per heavy atom. The van der Waals surface area contributed by atoms with Crippen molar-refractivity contribution in [3.63, 3.8) is 0 Å². The zero-order valence-corrected chi connectivity index (χ0v) is 27.4. The Morgan fingerprint density at radius 1 is 0.548 bits per heavy atom. The van der Waals surface area contributed by atoms with E-state index >= 15 is 0 Å². The molecule has 0 unspecified atom stereocenters. The third kappa shape index (κ3) is 10.1. The molecule has 0 saturated heterocycles. The van der Waals surface area contributed by atoms with E-state index in [2.05, 4.69) is 83.1 Å². The summed E-state index contributed by atoms with van der Waals surface area (Å²) in [7, 11) is 0. The predicted molar refractivity (Wildman–Crippen MR) is 171 cm³/mol. The number of hydrogen-bond acceptors (Lipinski definition) is 6. The number of ether oxygens (including phenoxy) is 2. The lowest BCUT2D eigenvalue weighted by atomic mass is 9.78. The van der Waals surface area contributed by atoms with Crippen LogP contribution in [0.4, 0.5) is 0 Å². The van der Waals surface area contributed by atoms with Gasteiger partial charge in [-0.2, -0.15) is 0 Å². The minimum atomic E-state index is -0.455. The van der Waals surface area contributed by atoms with Crippen LogP contribution in [-0.4, -0.2) is 28.9 Å². The number of aryl methyl sites for hydroxylation is 2. The van der Waals surface area contributed by atoms with E-state index in [0.717, 1.165) is 33.4 Å². The SMILES string of the molecule is C.CC(C)(C)c1cc(CCC(=O)OCOC(=O)CCc2cc(C(C)(C)C)c(O)c(C(C)(C)C)c2)cc(C(C)(C)C)c1O. The summed E-state index contributed by atoms with van der Waals surface area (Å²) in [6.45, 7) is 24.2. The molecule has 236 valence electrons. The van der Waals surface area contributed by atoms with Gasteiger partial charge in [0.25, 0.3) is 0 Å². The first kappa shape index (κ1) is 37.0. The highest BCUT2D eigenvalue weighted by atomic mass is 16.7. The van der Waals surface area contributed by atoms with Gasteiger partial charge in [0.1, 0.15) is 11.5 Å². The Hall–Kier alpha value is -3.02. The Bertz CT molecular complexity index is 1080. The molecule has 0 amide bonds. The molecule has 0 aliphatic heterocycles. The van der Waals surface area contributed by atoms with Crippen LogP contribution in [0.2, 0.25) is 0 Å². The molecular weight excluding hydrogens is 528 g/mol. The van der Waals surface area contributed by atoms with Crippen molar-refractivity contribution in [2.75, 3.05) is 6.79 Å². The Balaban J connectivity index is 0.00000882. The zero-order valence-electron chi connectivity index (χ0n) is 27.4. The number of carbonyl (C=O) groups excluding carboxylic acids is 2. The minimum absolute atomic E-state index is 0. The fourth-order valence-electron chi connectivity index (χ4n) is 4.76. The van der Waals surface area contributed by atoms with Crippen LogP contribution in [0.5, 0.6) is 11.5 Å². The fourth-order valence-corrected chi connectivity index (χ4v) is 4.76. The van der Waals surface area contributed by atoms with Crippen LogP contribution in [0.1, 0.15) is 137 Å². The number of aromatic hydroxyl groups is 2. The predicted octanol–water partition coefficient (Wildman–Crippen LogP) is 8.53. The second kappa shape index (κ2) is 13.5. The molecule has 42 heavy (non-hydrogen) atoms. The first-order valence-corrected chi connectivity index (χ1v) is 14.6. The maximum Gasteiger partial charge on any atom is 0.308 e. The second-order valence-electron chi connectivity index (χ2n) is 15.2. The van der Waals surface area contributed by atoms with Crippen LogP contribution in [0.15, 0.2) is 24.3 Å².